The van der Waals surface area contributed by atoms with Crippen molar-refractivity contribution in [1.29, 1.82) is 0 Å². The molecule has 1 aliphatic rings. The van der Waals surface area contributed by atoms with Crippen molar-refractivity contribution in [2.24, 2.45) is 0 Å². The fourth-order valence-corrected chi connectivity index (χ4v) is 4.02. The van der Waals surface area contributed by atoms with E-state index < -0.39 is 11.9 Å². The van der Waals surface area contributed by atoms with E-state index in [1.165, 1.54) is 18.8 Å². The molecular weight excluding hydrogens is 408 g/mol. The third-order valence-corrected chi connectivity index (χ3v) is 5.73. The summed E-state index contributed by atoms with van der Waals surface area (Å²) in [6.45, 7) is 2.21. The molecule has 1 atom stereocenters. The average Bonchev–Trinajstić information content (AvgIpc) is 3.36. The maximum Gasteiger partial charge on any atom is 0.287 e. The largest absolute Gasteiger partial charge is 0.459 e. The lowest BCUT2D eigenvalue weighted by molar-refractivity contribution is -0.140. The second kappa shape index (κ2) is 12.0. The first kappa shape index (κ1) is 23.5. The monoisotopic (exact) mass is 440 g/mol. The Balaban J connectivity index is 1.78. The zero-order valence-electron chi connectivity index (χ0n) is 18.6. The minimum atomic E-state index is -0.801. The normalized spacial score (nSPS) is 15.0. The van der Waals surface area contributed by atoms with Crippen LogP contribution in [0.15, 0.2) is 47.3 Å². The van der Waals surface area contributed by atoms with Crippen molar-refractivity contribution in [3.05, 3.63) is 54.2 Å². The molecule has 0 spiro atoms. The van der Waals surface area contributed by atoms with Gasteiger partial charge in [-0.2, -0.15) is 0 Å². The Morgan fingerprint density at radius 3 is 2.66 bits per heavy atom. The van der Waals surface area contributed by atoms with Gasteiger partial charge in [0.2, 0.25) is 11.8 Å². The van der Waals surface area contributed by atoms with Crippen molar-refractivity contribution in [2.45, 2.75) is 64.0 Å². The molecule has 1 fully saturated rings. The molecule has 32 heavy (non-hydrogen) atoms. The number of amides is 3. The highest BCUT2D eigenvalue weighted by Gasteiger charge is 2.32. The molecule has 172 valence electrons. The smallest absolute Gasteiger partial charge is 0.287 e. The maximum absolute atomic E-state index is 13.4. The van der Waals surface area contributed by atoms with Crippen LogP contribution in [0.5, 0.6) is 0 Å². The van der Waals surface area contributed by atoms with E-state index in [9.17, 15) is 14.4 Å². The Morgan fingerprint density at radius 2 is 2.00 bits per heavy atom. The van der Waals surface area contributed by atoms with Crippen molar-refractivity contribution < 1.29 is 18.8 Å². The van der Waals surface area contributed by atoms with Gasteiger partial charge in [-0.1, -0.05) is 38.7 Å². The number of furan rings is 1. The lowest BCUT2D eigenvalue weighted by atomic mass is 9.95. The molecular formula is C24H32N4O4. The molecule has 0 bridgehead atoms. The van der Waals surface area contributed by atoms with Gasteiger partial charge in [0.15, 0.2) is 5.76 Å². The highest BCUT2D eigenvalue weighted by Crippen LogP contribution is 2.24. The Morgan fingerprint density at radius 1 is 1.19 bits per heavy atom. The fraction of sp³-hybridized carbons (Fsp3) is 0.500. The molecule has 0 aromatic carbocycles. The van der Waals surface area contributed by atoms with E-state index in [2.05, 4.69) is 15.6 Å². The minimum Gasteiger partial charge on any atom is -0.459 e. The van der Waals surface area contributed by atoms with Crippen LogP contribution in [0.4, 0.5) is 0 Å². The van der Waals surface area contributed by atoms with Gasteiger partial charge in [-0.05, 0) is 37.5 Å². The summed E-state index contributed by atoms with van der Waals surface area (Å²) in [5.74, 6) is -0.863. The van der Waals surface area contributed by atoms with Crippen LogP contribution in [0.1, 0.15) is 74.0 Å². The number of nitrogens with zero attached hydrogens (tertiary/aromatic N) is 2. The third-order valence-electron chi connectivity index (χ3n) is 5.73. The quantitative estimate of drug-likeness (QED) is 0.590. The summed E-state index contributed by atoms with van der Waals surface area (Å²) in [6.07, 6.45) is 11.6. The van der Waals surface area contributed by atoms with Gasteiger partial charge in [0.1, 0.15) is 6.04 Å². The van der Waals surface area contributed by atoms with Crippen LogP contribution in [-0.4, -0.2) is 46.7 Å². The second-order valence-corrected chi connectivity index (χ2v) is 8.13. The number of unbranched alkanes of at least 4 members (excludes halogenated alkanes) is 1. The molecule has 1 aliphatic carbocycles. The molecule has 8 heteroatoms. The number of hydrogen-bond donors (Lipinski definition) is 2. The molecule has 2 aromatic rings. The Kier molecular flexibility index (Phi) is 8.83. The van der Waals surface area contributed by atoms with Crippen molar-refractivity contribution in [2.75, 3.05) is 13.1 Å². The molecule has 8 nitrogen and oxygen atoms in total. The minimum absolute atomic E-state index is 0.122. The zero-order valence-corrected chi connectivity index (χ0v) is 18.6. The summed E-state index contributed by atoms with van der Waals surface area (Å²) in [4.78, 5) is 44.6. The van der Waals surface area contributed by atoms with E-state index in [4.69, 9.17) is 4.42 Å². The molecule has 2 heterocycles. The first-order chi connectivity index (χ1) is 15.6. The number of carbonyl (C=O) groups excluding carboxylic acids is 3. The van der Waals surface area contributed by atoms with E-state index >= 15 is 0 Å². The number of hydrogen-bond acceptors (Lipinski definition) is 5. The van der Waals surface area contributed by atoms with Crippen LogP contribution < -0.4 is 10.6 Å². The van der Waals surface area contributed by atoms with Gasteiger partial charge in [0.05, 0.1) is 12.8 Å². The van der Waals surface area contributed by atoms with Gasteiger partial charge in [-0.15, -0.1) is 0 Å². The van der Waals surface area contributed by atoms with Crippen molar-refractivity contribution >= 4 is 17.7 Å². The first-order valence-electron chi connectivity index (χ1n) is 11.4. The van der Waals surface area contributed by atoms with Crippen LogP contribution in [0, 0.1) is 0 Å². The highest BCUT2D eigenvalue weighted by atomic mass is 16.3. The van der Waals surface area contributed by atoms with Crippen LogP contribution in [0.2, 0.25) is 0 Å². The molecule has 0 radical (unpaired) electrons. The predicted octanol–water partition coefficient (Wildman–Crippen LogP) is 3.22. The number of rotatable bonds is 10. The third kappa shape index (κ3) is 6.42. The zero-order chi connectivity index (χ0) is 22.8. The van der Waals surface area contributed by atoms with E-state index in [0.717, 1.165) is 38.5 Å². The van der Waals surface area contributed by atoms with E-state index in [1.54, 1.807) is 29.4 Å². The lowest BCUT2D eigenvalue weighted by Gasteiger charge is -2.33. The Hall–Kier alpha value is -3.16. The van der Waals surface area contributed by atoms with Gasteiger partial charge < -0.3 is 20.0 Å². The molecule has 3 amide bonds. The molecule has 2 N–H and O–H groups in total. The number of pyridine rings is 1. The van der Waals surface area contributed by atoms with E-state index in [1.807, 2.05) is 13.0 Å². The summed E-state index contributed by atoms with van der Waals surface area (Å²) < 4.78 is 5.08. The Bertz CT molecular complexity index is 863. The number of aromatic nitrogens is 1. The molecule has 2 aromatic heterocycles. The number of nitrogens with one attached hydrogen (secondary N) is 2. The maximum atomic E-state index is 13.4. The standard InChI is InChI=1S/C24H32N4O4/c1-2-3-14-28(21(29)17-26-23(30)20-12-8-15-32-20)22(18-9-7-13-25-16-18)24(31)27-19-10-5-4-6-11-19/h7-9,12-13,15-16,19,22H,2-6,10-11,14,17H2,1H3,(H,26,30)(H,27,31)/t22-/m1/s1. The first-order valence-corrected chi connectivity index (χ1v) is 11.4. The van der Waals surface area contributed by atoms with Crippen LogP contribution in [0.25, 0.3) is 0 Å². The number of carbonyl (C=O) groups is 3. The summed E-state index contributed by atoms with van der Waals surface area (Å²) in [6, 6.07) is 6.04. The fourth-order valence-electron chi connectivity index (χ4n) is 4.02. The highest BCUT2D eigenvalue weighted by molar-refractivity contribution is 5.95. The molecule has 1 saturated carbocycles. The van der Waals surface area contributed by atoms with Gasteiger partial charge in [-0.3, -0.25) is 19.4 Å². The lowest BCUT2D eigenvalue weighted by Crippen LogP contribution is -2.49. The second-order valence-electron chi connectivity index (χ2n) is 8.13. The van der Waals surface area contributed by atoms with Gasteiger partial charge in [-0.25, -0.2) is 0 Å². The summed E-state index contributed by atoms with van der Waals surface area (Å²) >= 11 is 0. The predicted molar refractivity (Wildman–Crippen MR) is 120 cm³/mol. The summed E-state index contributed by atoms with van der Waals surface area (Å²) in [5, 5.41) is 5.75. The molecule has 3 rings (SSSR count). The van der Waals surface area contributed by atoms with Gasteiger partial charge in [0, 0.05) is 30.5 Å². The SMILES string of the molecule is CCCCN(C(=O)CNC(=O)c1ccco1)[C@@H](C(=O)NC1CCCCC1)c1cccnc1. The van der Waals surface area contributed by atoms with E-state index in [0.29, 0.717) is 12.1 Å². The summed E-state index contributed by atoms with van der Waals surface area (Å²) in [7, 11) is 0. The van der Waals surface area contributed by atoms with Crippen LogP contribution >= 0.6 is 0 Å². The van der Waals surface area contributed by atoms with Crippen molar-refractivity contribution in [1.82, 2.24) is 20.5 Å². The average molecular weight is 441 g/mol. The van der Waals surface area contributed by atoms with Crippen molar-refractivity contribution in [3.63, 3.8) is 0 Å². The van der Waals surface area contributed by atoms with Gasteiger partial charge >= 0.3 is 0 Å². The molecule has 0 aliphatic heterocycles. The van der Waals surface area contributed by atoms with Crippen LogP contribution in [0.3, 0.4) is 0 Å². The van der Waals surface area contributed by atoms with Crippen LogP contribution in [-0.2, 0) is 9.59 Å². The Labute approximate surface area is 188 Å². The van der Waals surface area contributed by atoms with Crippen molar-refractivity contribution in [3.8, 4) is 0 Å². The van der Waals surface area contributed by atoms with E-state index in [-0.39, 0.29) is 30.2 Å². The summed E-state index contributed by atoms with van der Waals surface area (Å²) in [5.41, 5.74) is 0.655. The topological polar surface area (TPSA) is 105 Å². The van der Waals surface area contributed by atoms with Gasteiger partial charge in [0.25, 0.3) is 5.91 Å². The molecule has 0 saturated heterocycles. The molecule has 0 unspecified atom stereocenters.